The molecule has 0 saturated heterocycles. The zero-order valence-corrected chi connectivity index (χ0v) is 31.0. The minimum atomic E-state index is -4.09. The molecule has 5 atom stereocenters. The Labute approximate surface area is 317 Å². The molecule has 0 aliphatic heterocycles. The number of imidazole rings is 1. The van der Waals surface area contributed by atoms with Crippen molar-refractivity contribution >= 4 is 42.6 Å². The van der Waals surface area contributed by atoms with Crippen molar-refractivity contribution < 1.29 is 32.3 Å². The van der Waals surface area contributed by atoms with E-state index < -0.39 is 31.7 Å². The van der Waals surface area contributed by atoms with Crippen molar-refractivity contribution in [2.24, 2.45) is 11.7 Å². The van der Waals surface area contributed by atoms with Crippen molar-refractivity contribution in [2.45, 2.75) is 63.4 Å². The Kier molecular flexibility index (Phi) is 11.6. The molecule has 1 fully saturated rings. The minimum Gasteiger partial charge on any atom is -0.460 e. The van der Waals surface area contributed by atoms with Crippen LogP contribution in [0, 0.1) is 11.7 Å². The van der Waals surface area contributed by atoms with E-state index in [0.29, 0.717) is 29.2 Å². The number of fused-ring (bicyclic) bond motifs is 1. The van der Waals surface area contributed by atoms with Crippen LogP contribution in [0.1, 0.15) is 43.4 Å². The molecule has 3 unspecified atom stereocenters. The molecule has 14 nitrogen and oxygen atoms in total. The van der Waals surface area contributed by atoms with Crippen LogP contribution in [0.15, 0.2) is 103 Å². The number of para-hydroxylation sites is 1. The Morgan fingerprint density at radius 1 is 0.982 bits per heavy atom. The first-order valence-corrected chi connectivity index (χ1v) is 19.6. The number of nitrogens with zero attached hydrogens (tertiary/aromatic N) is 4. The number of carbonyl (C=O) groups excluding carboxylic acids is 2. The van der Waals surface area contributed by atoms with E-state index in [1.54, 1.807) is 48.8 Å². The summed E-state index contributed by atoms with van der Waals surface area (Å²) in [7, 11) is -4.09. The number of rotatable bonds is 17. The Hall–Kier alpha value is -5.47. The predicted octanol–water partition coefficient (Wildman–Crippen LogP) is 6.09. The van der Waals surface area contributed by atoms with Gasteiger partial charge in [-0.05, 0) is 68.0 Å². The molecule has 7 rings (SSSR count). The molecule has 2 heterocycles. The molecule has 0 bridgehead atoms. The summed E-state index contributed by atoms with van der Waals surface area (Å²) in [6, 6.07) is 21.8. The van der Waals surface area contributed by atoms with Crippen LogP contribution in [-0.2, 0) is 36.4 Å². The molecule has 2 aliphatic rings. The molecular weight excluding hydrogens is 726 g/mol. The molecule has 5 aromatic rings. The van der Waals surface area contributed by atoms with Crippen LogP contribution in [0.2, 0.25) is 0 Å². The molecule has 0 radical (unpaired) electrons. The van der Waals surface area contributed by atoms with E-state index in [1.165, 1.54) is 19.1 Å². The largest absolute Gasteiger partial charge is 0.460 e. The van der Waals surface area contributed by atoms with Crippen LogP contribution < -0.4 is 26.0 Å². The van der Waals surface area contributed by atoms with Crippen LogP contribution in [0.5, 0.6) is 5.75 Å². The molecule has 2 aliphatic carbocycles. The first-order chi connectivity index (χ1) is 26.6. The van der Waals surface area contributed by atoms with Gasteiger partial charge in [0.15, 0.2) is 17.0 Å². The Bertz CT molecular complexity index is 2190. The van der Waals surface area contributed by atoms with Gasteiger partial charge < -0.3 is 24.9 Å². The molecule has 1 amide bonds. The molecule has 0 spiro atoms. The lowest BCUT2D eigenvalue weighted by molar-refractivity contribution is -0.146. The highest BCUT2D eigenvalue weighted by Crippen LogP contribution is 2.46. The van der Waals surface area contributed by atoms with Gasteiger partial charge in [0.05, 0.1) is 25.0 Å². The molecular formula is C39H42FN8O6P. The Morgan fingerprint density at radius 3 is 2.44 bits per heavy atom. The van der Waals surface area contributed by atoms with Gasteiger partial charge in [0.25, 0.3) is 0 Å². The maximum absolute atomic E-state index is 14.1. The summed E-state index contributed by atoms with van der Waals surface area (Å²) in [4.78, 5) is 39.9. The number of aromatic nitrogens is 4. The topological polar surface area (TPSA) is 185 Å². The number of hydrogen-bond acceptors (Lipinski definition) is 11. The summed E-state index contributed by atoms with van der Waals surface area (Å²) >= 11 is 0. The van der Waals surface area contributed by atoms with E-state index in [4.69, 9.17) is 19.5 Å². The lowest BCUT2D eigenvalue weighted by atomic mass is 10.1. The van der Waals surface area contributed by atoms with Gasteiger partial charge in [-0.1, -0.05) is 72.8 Å². The van der Waals surface area contributed by atoms with E-state index in [-0.39, 0.29) is 49.4 Å². The van der Waals surface area contributed by atoms with Gasteiger partial charge in [-0.2, -0.15) is 15.1 Å². The lowest BCUT2D eigenvalue weighted by Gasteiger charge is -2.24. The van der Waals surface area contributed by atoms with E-state index in [1.807, 2.05) is 47.1 Å². The van der Waals surface area contributed by atoms with Crippen molar-refractivity contribution in [3.63, 3.8) is 0 Å². The molecule has 5 N–H and O–H groups in total. The molecule has 2 aromatic heterocycles. The fourth-order valence-corrected chi connectivity index (χ4v) is 7.58. The second-order valence-corrected chi connectivity index (χ2v) is 15.3. The highest BCUT2D eigenvalue weighted by Gasteiger charge is 2.34. The van der Waals surface area contributed by atoms with Crippen LogP contribution in [0.4, 0.5) is 16.2 Å². The SMILES string of the molecule is CC(NP(=O)(OC[C@H]1C=C[C@@H](n2cnc3c(NC4CC4)nc(NC(=O)C(N)Cc4ccc(F)cc4)nc32)C1)Oc1ccccc1)C(=O)OCc1ccccc1. The summed E-state index contributed by atoms with van der Waals surface area (Å²) in [5.41, 5.74) is 8.80. The maximum atomic E-state index is 14.1. The molecule has 16 heteroatoms. The van der Waals surface area contributed by atoms with Gasteiger partial charge in [-0.3, -0.25) is 19.4 Å². The highest BCUT2D eigenvalue weighted by atomic mass is 31.2. The smallest absolute Gasteiger partial charge is 0.459 e. The predicted molar refractivity (Wildman–Crippen MR) is 204 cm³/mol. The van der Waals surface area contributed by atoms with Crippen LogP contribution in [0.3, 0.4) is 0 Å². The van der Waals surface area contributed by atoms with Crippen molar-refractivity contribution in [2.75, 3.05) is 17.2 Å². The van der Waals surface area contributed by atoms with Gasteiger partial charge in [0.1, 0.15) is 24.2 Å². The van der Waals surface area contributed by atoms with Crippen LogP contribution in [-0.4, -0.2) is 56.1 Å². The number of benzene rings is 3. The van der Waals surface area contributed by atoms with Gasteiger partial charge in [-0.15, -0.1) is 0 Å². The number of allylic oxidation sites excluding steroid dienone is 1. The van der Waals surface area contributed by atoms with E-state index in [0.717, 1.165) is 24.0 Å². The fraction of sp³-hybridized carbons (Fsp3) is 0.308. The third kappa shape index (κ3) is 9.99. The summed E-state index contributed by atoms with van der Waals surface area (Å²) in [6.07, 6.45) is 8.35. The summed E-state index contributed by atoms with van der Waals surface area (Å²) < 4.78 is 46.7. The van der Waals surface area contributed by atoms with Crippen molar-refractivity contribution in [3.05, 3.63) is 120 Å². The molecule has 55 heavy (non-hydrogen) atoms. The number of nitrogens with two attached hydrogens (primary N) is 1. The van der Waals surface area contributed by atoms with Crippen molar-refractivity contribution in [1.82, 2.24) is 24.6 Å². The quantitative estimate of drug-likeness (QED) is 0.0486. The number of halogens is 1. The number of amides is 1. The summed E-state index contributed by atoms with van der Waals surface area (Å²) in [5.74, 6) is -0.782. The second kappa shape index (κ2) is 16.9. The van der Waals surface area contributed by atoms with E-state index >= 15 is 0 Å². The number of ether oxygens (including phenoxy) is 1. The average molecular weight is 769 g/mol. The zero-order chi connectivity index (χ0) is 38.4. The minimum absolute atomic E-state index is 0.0131. The molecule has 1 saturated carbocycles. The summed E-state index contributed by atoms with van der Waals surface area (Å²) in [5, 5.41) is 8.89. The fourth-order valence-electron chi connectivity index (χ4n) is 6.04. The summed E-state index contributed by atoms with van der Waals surface area (Å²) in [6.45, 7) is 1.62. The zero-order valence-electron chi connectivity index (χ0n) is 30.1. The number of anilines is 2. The number of hydrogen-bond donors (Lipinski definition) is 4. The number of carbonyl (C=O) groups is 2. The number of esters is 1. The van der Waals surface area contributed by atoms with E-state index in [9.17, 15) is 18.5 Å². The van der Waals surface area contributed by atoms with Crippen molar-refractivity contribution in [1.29, 1.82) is 0 Å². The molecule has 286 valence electrons. The Morgan fingerprint density at radius 2 is 1.71 bits per heavy atom. The third-order valence-corrected chi connectivity index (χ3v) is 10.8. The van der Waals surface area contributed by atoms with Crippen LogP contribution >= 0.6 is 7.75 Å². The lowest BCUT2D eigenvalue weighted by Crippen LogP contribution is -2.38. The van der Waals surface area contributed by atoms with Crippen LogP contribution in [0.25, 0.3) is 11.2 Å². The standard InChI is InChI=1S/C39H42FN8O6P/c1-25(38(50)52-22-27-8-4-2-5-9-27)47-55(51,54-32-10-6-3-7-11-32)53-23-28-14-19-31(20-28)48-24-42-34-35(43-30-17-18-30)44-39(45-36(34)48)46-37(49)33(41)21-26-12-15-29(40)16-13-26/h2-16,19,24-25,28,30-31,33H,17-18,20-23,41H2,1H3,(H,47,51)(H2,43,44,45,46,49)/t25?,28-,31+,33?,55?/m0/s1. The monoisotopic (exact) mass is 768 g/mol. The normalized spacial score (nSPS) is 18.7. The number of nitrogens with one attached hydrogen (secondary N) is 3. The second-order valence-electron chi connectivity index (χ2n) is 13.7. The molecule has 3 aromatic carbocycles. The van der Waals surface area contributed by atoms with Gasteiger partial charge in [0, 0.05) is 12.0 Å². The van der Waals surface area contributed by atoms with Gasteiger partial charge >= 0.3 is 13.7 Å². The first kappa shape index (κ1) is 37.8. The average Bonchev–Trinajstić information content (AvgIpc) is 3.69. The maximum Gasteiger partial charge on any atom is 0.459 e. The Balaban J connectivity index is 1.02. The first-order valence-electron chi connectivity index (χ1n) is 18.1. The van der Waals surface area contributed by atoms with Crippen molar-refractivity contribution in [3.8, 4) is 5.75 Å². The highest BCUT2D eigenvalue weighted by molar-refractivity contribution is 7.52. The van der Waals surface area contributed by atoms with Gasteiger partial charge in [0.2, 0.25) is 11.9 Å². The third-order valence-electron chi connectivity index (χ3n) is 9.14. The van der Waals surface area contributed by atoms with Gasteiger partial charge in [-0.25, -0.2) is 13.9 Å². The van der Waals surface area contributed by atoms with E-state index in [2.05, 4.69) is 30.7 Å².